The molecule has 0 spiro atoms. The number of nitro benzene ring substituents is 1. The monoisotopic (exact) mass is 274 g/mol. The van der Waals surface area contributed by atoms with E-state index in [9.17, 15) is 15.4 Å². The molecule has 0 saturated heterocycles. The Labute approximate surface area is 116 Å². The normalized spacial score (nSPS) is 19.4. The van der Waals surface area contributed by atoms with Crippen LogP contribution in [-0.2, 0) is 5.41 Å². The van der Waals surface area contributed by atoms with Gasteiger partial charge in [-0.1, -0.05) is 12.8 Å². The minimum Gasteiger partial charge on any atom is -0.486 e. The molecule has 1 heterocycles. The minimum atomic E-state index is -0.766. The average molecular weight is 274 g/mol. The zero-order chi connectivity index (χ0) is 14.2. The Morgan fingerprint density at radius 2 is 1.80 bits per heavy atom. The summed E-state index contributed by atoms with van der Waals surface area (Å²) in [4.78, 5) is 10.9. The fourth-order valence-electron chi connectivity index (χ4n) is 3.03. The summed E-state index contributed by atoms with van der Waals surface area (Å²) in [5.41, 5.74) is -0.345. The zero-order valence-corrected chi connectivity index (χ0v) is 10.9. The van der Waals surface area contributed by atoms with Crippen molar-refractivity contribution in [2.75, 3.05) is 13.2 Å². The van der Waals surface area contributed by atoms with Gasteiger partial charge in [0.25, 0.3) is 5.69 Å². The third kappa shape index (κ3) is 1.86. The van der Waals surface area contributed by atoms with Gasteiger partial charge in [-0.25, -0.2) is 0 Å². The molecule has 1 aromatic carbocycles. The van der Waals surface area contributed by atoms with Gasteiger partial charge in [0.2, 0.25) is 0 Å². The third-order valence-electron chi connectivity index (χ3n) is 4.04. The molecule has 1 aromatic rings. The highest BCUT2D eigenvalue weighted by Crippen LogP contribution is 2.48. The number of ether oxygens (including phenoxy) is 2. The molecule has 0 radical (unpaired) electrons. The predicted octanol–water partition coefficient (Wildman–Crippen LogP) is 2.70. The predicted molar refractivity (Wildman–Crippen MR) is 69.8 cm³/mol. The quantitative estimate of drug-likeness (QED) is 0.611. The lowest BCUT2D eigenvalue weighted by molar-refractivity contribution is -0.386. The molecule has 6 nitrogen and oxygen atoms in total. The van der Waals surface area contributed by atoms with Crippen molar-refractivity contribution in [3.05, 3.63) is 27.8 Å². The summed E-state index contributed by atoms with van der Waals surface area (Å²) in [6.45, 7) is 0.802. The molecular weight excluding hydrogens is 260 g/mol. The maximum absolute atomic E-state index is 11.3. The van der Waals surface area contributed by atoms with Crippen LogP contribution in [0, 0.1) is 21.4 Å². The van der Waals surface area contributed by atoms with Crippen LogP contribution in [0.3, 0.4) is 0 Å². The van der Waals surface area contributed by atoms with E-state index in [0.717, 1.165) is 12.8 Å². The van der Waals surface area contributed by atoms with Gasteiger partial charge in [-0.3, -0.25) is 10.1 Å². The number of hydrogen-bond donors (Lipinski definition) is 0. The molecule has 3 rings (SSSR count). The van der Waals surface area contributed by atoms with Gasteiger partial charge in [0, 0.05) is 0 Å². The molecule has 20 heavy (non-hydrogen) atoms. The second kappa shape index (κ2) is 4.67. The lowest BCUT2D eigenvalue weighted by atomic mass is 9.79. The lowest BCUT2D eigenvalue weighted by Crippen LogP contribution is -2.23. The van der Waals surface area contributed by atoms with Crippen molar-refractivity contribution in [3.8, 4) is 17.6 Å². The van der Waals surface area contributed by atoms with E-state index >= 15 is 0 Å². The molecule has 0 unspecified atom stereocenters. The lowest BCUT2D eigenvalue weighted by Gasteiger charge is -2.24. The number of nitrogens with zero attached hydrogens (tertiary/aromatic N) is 2. The molecule has 1 fully saturated rings. The summed E-state index contributed by atoms with van der Waals surface area (Å²) in [5, 5.41) is 20.9. The van der Waals surface area contributed by atoms with Gasteiger partial charge in [-0.15, -0.1) is 0 Å². The molecule has 1 saturated carbocycles. The van der Waals surface area contributed by atoms with E-state index in [0.29, 0.717) is 43.1 Å². The Bertz CT molecular complexity index is 600. The summed E-state index contributed by atoms with van der Waals surface area (Å²) in [6.07, 6.45) is 3.15. The Balaban J connectivity index is 2.18. The third-order valence-corrected chi connectivity index (χ3v) is 4.04. The number of fused-ring (bicyclic) bond motifs is 1. The van der Waals surface area contributed by atoms with Crippen LogP contribution in [0.1, 0.15) is 31.2 Å². The highest BCUT2D eigenvalue weighted by Gasteiger charge is 2.42. The first-order valence-electron chi connectivity index (χ1n) is 6.66. The van der Waals surface area contributed by atoms with E-state index in [4.69, 9.17) is 9.47 Å². The molecular formula is C14H14N2O4. The summed E-state index contributed by atoms with van der Waals surface area (Å²) < 4.78 is 10.9. The van der Waals surface area contributed by atoms with E-state index < -0.39 is 10.3 Å². The van der Waals surface area contributed by atoms with Crippen molar-refractivity contribution >= 4 is 5.69 Å². The van der Waals surface area contributed by atoms with Crippen molar-refractivity contribution in [2.45, 2.75) is 31.1 Å². The van der Waals surface area contributed by atoms with Crippen LogP contribution in [-0.4, -0.2) is 18.1 Å². The highest BCUT2D eigenvalue weighted by atomic mass is 16.6. The summed E-state index contributed by atoms with van der Waals surface area (Å²) in [5.74, 6) is 0.885. The maximum atomic E-state index is 11.3. The maximum Gasteiger partial charge on any atom is 0.278 e. The molecule has 1 aliphatic carbocycles. The molecule has 0 bridgehead atoms. The van der Waals surface area contributed by atoms with Gasteiger partial charge in [-0.05, 0) is 18.9 Å². The van der Waals surface area contributed by atoms with Crippen LogP contribution in [0.5, 0.6) is 11.5 Å². The van der Waals surface area contributed by atoms with Crippen molar-refractivity contribution in [3.63, 3.8) is 0 Å². The molecule has 6 heteroatoms. The van der Waals surface area contributed by atoms with E-state index in [2.05, 4.69) is 6.07 Å². The van der Waals surface area contributed by atoms with E-state index in [1.54, 1.807) is 6.07 Å². The molecule has 0 N–H and O–H groups in total. The van der Waals surface area contributed by atoms with Crippen molar-refractivity contribution in [1.82, 2.24) is 0 Å². The van der Waals surface area contributed by atoms with Crippen molar-refractivity contribution < 1.29 is 14.4 Å². The molecule has 1 aliphatic heterocycles. The van der Waals surface area contributed by atoms with Crippen LogP contribution < -0.4 is 9.47 Å². The number of rotatable bonds is 2. The molecule has 104 valence electrons. The highest BCUT2D eigenvalue weighted by molar-refractivity contribution is 5.59. The first-order chi connectivity index (χ1) is 9.66. The number of nitro groups is 1. The minimum absolute atomic E-state index is 0.0438. The standard InChI is InChI=1S/C14H14N2O4/c15-9-14(3-1-2-4-14)10-7-12-13(20-6-5-19-12)8-11(10)16(17)18/h7-8H,1-6H2. The largest absolute Gasteiger partial charge is 0.486 e. The van der Waals surface area contributed by atoms with Gasteiger partial charge < -0.3 is 9.47 Å². The Morgan fingerprint density at radius 1 is 1.20 bits per heavy atom. The Kier molecular flexibility index (Phi) is 2.97. The first-order valence-corrected chi connectivity index (χ1v) is 6.66. The van der Waals surface area contributed by atoms with Crippen molar-refractivity contribution in [1.29, 1.82) is 5.26 Å². The van der Waals surface area contributed by atoms with Gasteiger partial charge in [0.1, 0.15) is 13.2 Å². The number of nitriles is 1. The first kappa shape index (κ1) is 12.7. The molecule has 0 aromatic heterocycles. The number of benzene rings is 1. The fraction of sp³-hybridized carbons (Fsp3) is 0.500. The van der Waals surface area contributed by atoms with Gasteiger partial charge >= 0.3 is 0 Å². The van der Waals surface area contributed by atoms with Gasteiger partial charge in [-0.2, -0.15) is 5.26 Å². The van der Waals surface area contributed by atoms with Gasteiger partial charge in [0.15, 0.2) is 11.5 Å². The summed E-state index contributed by atoms with van der Waals surface area (Å²) >= 11 is 0. The van der Waals surface area contributed by atoms with E-state index in [1.165, 1.54) is 6.07 Å². The topological polar surface area (TPSA) is 85.4 Å². The van der Waals surface area contributed by atoms with Crippen LogP contribution in [0.25, 0.3) is 0 Å². The fourth-order valence-corrected chi connectivity index (χ4v) is 3.03. The average Bonchev–Trinajstić information content (AvgIpc) is 2.96. The second-order valence-corrected chi connectivity index (χ2v) is 5.17. The SMILES string of the molecule is N#CC1(c2cc3c(cc2[N+](=O)[O-])OCCO3)CCCC1. The Morgan fingerprint density at radius 3 is 2.35 bits per heavy atom. The summed E-state index contributed by atoms with van der Waals surface area (Å²) in [7, 11) is 0. The molecule has 2 aliphatic rings. The zero-order valence-electron chi connectivity index (χ0n) is 10.9. The van der Waals surface area contributed by atoms with E-state index in [-0.39, 0.29) is 5.69 Å². The van der Waals surface area contributed by atoms with Crippen LogP contribution in [0.15, 0.2) is 12.1 Å². The Hall–Kier alpha value is -2.29. The van der Waals surface area contributed by atoms with E-state index in [1.807, 2.05) is 0 Å². The van der Waals surface area contributed by atoms with Gasteiger partial charge in [0.05, 0.1) is 28.0 Å². The van der Waals surface area contributed by atoms with Crippen LogP contribution >= 0.6 is 0 Å². The van der Waals surface area contributed by atoms with Crippen molar-refractivity contribution in [2.24, 2.45) is 0 Å². The summed E-state index contributed by atoms with van der Waals surface area (Å²) in [6, 6.07) is 5.31. The number of hydrogen-bond acceptors (Lipinski definition) is 5. The smallest absolute Gasteiger partial charge is 0.278 e. The molecule has 0 atom stereocenters. The molecule has 0 amide bonds. The van der Waals surface area contributed by atoms with Crippen LogP contribution in [0.2, 0.25) is 0 Å². The second-order valence-electron chi connectivity index (χ2n) is 5.17. The van der Waals surface area contributed by atoms with Crippen LogP contribution in [0.4, 0.5) is 5.69 Å².